The Kier molecular flexibility index (Phi) is 5.14. The maximum absolute atomic E-state index is 10.8. The molecule has 23 heavy (non-hydrogen) atoms. The Labute approximate surface area is 138 Å². The zero-order chi connectivity index (χ0) is 17.1. The Morgan fingerprint density at radius 1 is 0.957 bits per heavy atom. The first-order valence-corrected chi connectivity index (χ1v) is 9.45. The van der Waals surface area contributed by atoms with Crippen molar-refractivity contribution in [3.8, 4) is 0 Å². The van der Waals surface area contributed by atoms with Crippen LogP contribution in [0.25, 0.3) is 0 Å². The van der Waals surface area contributed by atoms with E-state index in [0.29, 0.717) is 6.42 Å². The molecule has 0 saturated heterocycles. The Balaban J connectivity index is 2.04. The molecule has 0 bridgehead atoms. The normalized spacial score (nSPS) is 21.9. The molecule has 4 nitrogen and oxygen atoms in total. The van der Waals surface area contributed by atoms with Gasteiger partial charge in [-0.1, -0.05) is 62.0 Å². The van der Waals surface area contributed by atoms with Crippen molar-refractivity contribution in [3.05, 3.63) is 59.8 Å². The zero-order valence-electron chi connectivity index (χ0n) is 13.7. The molecule has 0 spiro atoms. The first-order chi connectivity index (χ1) is 10.6. The SMILES string of the molecule is CC1(N)C=CC2=C(C=C1)C=CC(C)(CCCCS(=O)(=O)O)C=C2. The third kappa shape index (κ3) is 5.61. The first kappa shape index (κ1) is 17.9. The van der Waals surface area contributed by atoms with E-state index in [0.717, 1.165) is 24.0 Å². The van der Waals surface area contributed by atoms with E-state index in [9.17, 15) is 8.42 Å². The van der Waals surface area contributed by atoms with Crippen LogP contribution in [0, 0.1) is 5.41 Å². The second-order valence-electron chi connectivity index (χ2n) is 6.86. The third-order valence-corrected chi connectivity index (χ3v) is 5.04. The highest BCUT2D eigenvalue weighted by atomic mass is 32.2. The van der Waals surface area contributed by atoms with Gasteiger partial charge in [-0.2, -0.15) is 8.42 Å². The van der Waals surface area contributed by atoms with Crippen LogP contribution in [0.1, 0.15) is 33.1 Å². The van der Waals surface area contributed by atoms with E-state index in [-0.39, 0.29) is 11.2 Å². The van der Waals surface area contributed by atoms with Crippen LogP contribution in [-0.4, -0.2) is 24.3 Å². The molecule has 0 aromatic heterocycles. The molecule has 2 aliphatic carbocycles. The van der Waals surface area contributed by atoms with E-state index in [1.54, 1.807) is 0 Å². The summed E-state index contributed by atoms with van der Waals surface area (Å²) in [6, 6.07) is 0. The molecule has 0 aromatic rings. The fourth-order valence-electron chi connectivity index (χ4n) is 2.66. The number of unbranched alkanes of at least 4 members (excludes halogenated alkanes) is 1. The van der Waals surface area contributed by atoms with E-state index < -0.39 is 15.7 Å². The van der Waals surface area contributed by atoms with Gasteiger partial charge in [0.1, 0.15) is 0 Å². The van der Waals surface area contributed by atoms with Crippen LogP contribution in [0.3, 0.4) is 0 Å². The van der Waals surface area contributed by atoms with Gasteiger partial charge in [-0.05, 0) is 30.9 Å². The van der Waals surface area contributed by atoms with Crippen LogP contribution in [0.5, 0.6) is 0 Å². The zero-order valence-corrected chi connectivity index (χ0v) is 14.5. The van der Waals surface area contributed by atoms with Gasteiger partial charge in [0, 0.05) is 5.41 Å². The number of nitrogens with two attached hydrogens (primary N) is 1. The molecule has 0 saturated carbocycles. The average molecular weight is 335 g/mol. The number of allylic oxidation sites excluding steroid dienone is 8. The van der Waals surface area contributed by atoms with Gasteiger partial charge in [0.2, 0.25) is 0 Å². The predicted molar refractivity (Wildman–Crippen MR) is 94.6 cm³/mol. The minimum absolute atomic E-state index is 0.126. The summed E-state index contributed by atoms with van der Waals surface area (Å²) in [6.07, 6.45) is 18.6. The molecule has 5 heteroatoms. The molecule has 0 aliphatic heterocycles. The van der Waals surface area contributed by atoms with Crippen molar-refractivity contribution in [3.63, 3.8) is 0 Å². The number of hydrogen-bond acceptors (Lipinski definition) is 3. The predicted octanol–water partition coefficient (Wildman–Crippen LogP) is 3.32. The molecule has 0 atom stereocenters. The van der Waals surface area contributed by atoms with Gasteiger partial charge in [0.15, 0.2) is 0 Å². The van der Waals surface area contributed by atoms with E-state index in [1.807, 2.05) is 31.2 Å². The van der Waals surface area contributed by atoms with E-state index in [1.165, 1.54) is 0 Å². The molecule has 2 aliphatic rings. The Hall–Kier alpha value is -1.43. The van der Waals surface area contributed by atoms with Gasteiger partial charge in [-0.25, -0.2) is 0 Å². The summed E-state index contributed by atoms with van der Waals surface area (Å²) in [4.78, 5) is 0. The molecule has 0 unspecified atom stereocenters. The lowest BCUT2D eigenvalue weighted by molar-refractivity contribution is 0.458. The molecule has 0 amide bonds. The van der Waals surface area contributed by atoms with Gasteiger partial charge >= 0.3 is 0 Å². The average Bonchev–Trinajstić information content (AvgIpc) is 2.67. The monoisotopic (exact) mass is 335 g/mol. The van der Waals surface area contributed by atoms with Crippen LogP contribution in [0.15, 0.2) is 59.8 Å². The van der Waals surface area contributed by atoms with E-state index >= 15 is 0 Å². The summed E-state index contributed by atoms with van der Waals surface area (Å²) in [5.74, 6) is -0.175. The lowest BCUT2D eigenvalue weighted by Gasteiger charge is -2.21. The summed E-state index contributed by atoms with van der Waals surface area (Å²) in [5, 5.41) is 0. The van der Waals surface area contributed by atoms with Gasteiger partial charge < -0.3 is 5.73 Å². The maximum atomic E-state index is 10.8. The summed E-state index contributed by atoms with van der Waals surface area (Å²) >= 11 is 0. The van der Waals surface area contributed by atoms with E-state index in [2.05, 4.69) is 31.2 Å². The molecular formula is C18H25NO3S. The van der Waals surface area contributed by atoms with Crippen molar-refractivity contribution in [1.82, 2.24) is 0 Å². The largest absolute Gasteiger partial charge is 0.319 e. The van der Waals surface area contributed by atoms with Crippen molar-refractivity contribution < 1.29 is 13.0 Å². The summed E-state index contributed by atoms with van der Waals surface area (Å²) in [5.41, 5.74) is 7.80. The van der Waals surface area contributed by atoms with Gasteiger partial charge in [-0.15, -0.1) is 0 Å². The lowest BCUT2D eigenvalue weighted by atomic mass is 9.84. The van der Waals surface area contributed by atoms with Crippen LogP contribution in [-0.2, 0) is 10.1 Å². The topological polar surface area (TPSA) is 80.4 Å². The fraction of sp³-hybridized carbons (Fsp3) is 0.444. The quantitative estimate of drug-likeness (QED) is 0.596. The molecular weight excluding hydrogens is 310 g/mol. The molecule has 2 rings (SSSR count). The Morgan fingerprint density at radius 3 is 1.91 bits per heavy atom. The minimum Gasteiger partial charge on any atom is -0.319 e. The van der Waals surface area contributed by atoms with Crippen molar-refractivity contribution >= 4 is 10.1 Å². The lowest BCUT2D eigenvalue weighted by Crippen LogP contribution is -2.30. The molecule has 3 N–H and O–H groups in total. The molecule has 0 aromatic carbocycles. The molecule has 126 valence electrons. The van der Waals surface area contributed by atoms with Crippen molar-refractivity contribution in [1.29, 1.82) is 0 Å². The van der Waals surface area contributed by atoms with Gasteiger partial charge in [0.25, 0.3) is 10.1 Å². The standard InChI is InChI=1S/C18H25NO3S/c1-17(9-3-4-14-23(20,21)22)10-5-15-7-12-18(2,19)13-8-16(15)6-11-17/h5-8,10-13H,3-4,9,14,19H2,1-2H3,(H,20,21,22). The highest BCUT2D eigenvalue weighted by Crippen LogP contribution is 2.33. The van der Waals surface area contributed by atoms with Gasteiger partial charge in [0.05, 0.1) is 11.3 Å². The van der Waals surface area contributed by atoms with E-state index in [4.69, 9.17) is 10.3 Å². The highest BCUT2D eigenvalue weighted by molar-refractivity contribution is 7.85. The second kappa shape index (κ2) is 6.59. The van der Waals surface area contributed by atoms with Crippen LogP contribution < -0.4 is 5.73 Å². The molecule has 0 radical (unpaired) electrons. The third-order valence-electron chi connectivity index (χ3n) is 4.23. The van der Waals surface area contributed by atoms with Crippen molar-refractivity contribution in [2.75, 3.05) is 5.75 Å². The highest BCUT2D eigenvalue weighted by Gasteiger charge is 2.21. The smallest absolute Gasteiger partial charge is 0.264 e. The number of rotatable bonds is 5. The van der Waals surface area contributed by atoms with Crippen LogP contribution in [0.4, 0.5) is 0 Å². The number of hydrogen-bond donors (Lipinski definition) is 2. The molecule has 0 fully saturated rings. The van der Waals surface area contributed by atoms with Crippen LogP contribution >= 0.6 is 0 Å². The minimum atomic E-state index is -3.86. The summed E-state index contributed by atoms with van der Waals surface area (Å²) in [6.45, 7) is 4.08. The van der Waals surface area contributed by atoms with Crippen LogP contribution in [0.2, 0.25) is 0 Å². The Morgan fingerprint density at radius 2 is 1.43 bits per heavy atom. The maximum Gasteiger partial charge on any atom is 0.264 e. The fourth-order valence-corrected chi connectivity index (χ4v) is 3.23. The van der Waals surface area contributed by atoms with Crippen molar-refractivity contribution in [2.45, 2.75) is 38.6 Å². The molecule has 0 heterocycles. The first-order valence-electron chi connectivity index (χ1n) is 7.84. The van der Waals surface area contributed by atoms with Gasteiger partial charge in [-0.3, -0.25) is 4.55 Å². The summed E-state index contributed by atoms with van der Waals surface area (Å²) < 4.78 is 30.3. The Bertz CT molecular complexity index is 671. The summed E-state index contributed by atoms with van der Waals surface area (Å²) in [7, 11) is -3.86. The van der Waals surface area contributed by atoms with Crippen molar-refractivity contribution in [2.24, 2.45) is 11.1 Å². The second-order valence-corrected chi connectivity index (χ2v) is 8.43.